The minimum absolute atomic E-state index is 0.0553. The van der Waals surface area contributed by atoms with Crippen LogP contribution >= 0.6 is 0 Å². The van der Waals surface area contributed by atoms with E-state index in [1.54, 1.807) is 0 Å². The number of methoxy groups -OCH3 is 1. The van der Waals surface area contributed by atoms with Crippen molar-refractivity contribution >= 4 is 24.9 Å². The number of halogens is 1. The van der Waals surface area contributed by atoms with E-state index < -0.39 is 25.3 Å². The summed E-state index contributed by atoms with van der Waals surface area (Å²) in [5.41, 5.74) is -0.00915. The number of carbonyl (C=O) groups is 1. The number of nitrogens with zero attached hydrogens (tertiary/aromatic N) is 2. The molecule has 0 fully saturated rings. The largest absolute Gasteiger partial charge is 0.469 e. The second-order valence-electron chi connectivity index (χ2n) is 7.04. The zero-order chi connectivity index (χ0) is 18.6. The Morgan fingerprint density at radius 2 is 2.04 bits per heavy atom. The molecule has 0 N–H and O–H groups in total. The van der Waals surface area contributed by atoms with Gasteiger partial charge in [0.15, 0.2) is 0 Å². The van der Waals surface area contributed by atoms with Gasteiger partial charge in [-0.05, 0) is 24.2 Å². The number of rotatable bonds is 7. The fraction of sp³-hybridized carbons (Fsp3) is 0.471. The minimum Gasteiger partial charge on any atom is -0.469 e. The summed E-state index contributed by atoms with van der Waals surface area (Å²) >= 11 is 0. The van der Waals surface area contributed by atoms with Gasteiger partial charge in [0.05, 0.1) is 19.0 Å². The Labute approximate surface area is 146 Å². The molecule has 0 radical (unpaired) electrons. The highest BCUT2D eigenvalue weighted by Crippen LogP contribution is 2.14. The molecule has 0 aliphatic carbocycles. The van der Waals surface area contributed by atoms with Gasteiger partial charge in [-0.1, -0.05) is 19.6 Å². The van der Waals surface area contributed by atoms with E-state index in [4.69, 9.17) is 4.74 Å². The standard InChI is InChI=1S/C17H23FN2O4Si/c1-23-16(21)10-14-17(22)13-6-5-12(18)9-15(13)20(19-14)11-24-7-8-25(2,3)4/h5-6,9H,7-8,10-11H2,1-4H3. The second kappa shape index (κ2) is 7.88. The van der Waals surface area contributed by atoms with Crippen LogP contribution in [0.2, 0.25) is 25.7 Å². The van der Waals surface area contributed by atoms with Crippen molar-refractivity contribution in [3.05, 3.63) is 39.9 Å². The summed E-state index contributed by atoms with van der Waals surface area (Å²) in [6, 6.07) is 4.83. The molecule has 0 spiro atoms. The number of hydrogen-bond acceptors (Lipinski definition) is 5. The van der Waals surface area contributed by atoms with Gasteiger partial charge in [0.25, 0.3) is 0 Å². The Morgan fingerprint density at radius 3 is 2.68 bits per heavy atom. The molecule has 0 saturated heterocycles. The van der Waals surface area contributed by atoms with E-state index in [1.165, 1.54) is 30.0 Å². The molecule has 1 heterocycles. The summed E-state index contributed by atoms with van der Waals surface area (Å²) in [6.07, 6.45) is -0.239. The van der Waals surface area contributed by atoms with Crippen LogP contribution < -0.4 is 5.43 Å². The van der Waals surface area contributed by atoms with Gasteiger partial charge in [-0.3, -0.25) is 9.59 Å². The van der Waals surface area contributed by atoms with Crippen LogP contribution in [0.15, 0.2) is 23.0 Å². The molecule has 2 aromatic rings. The van der Waals surface area contributed by atoms with Crippen molar-refractivity contribution < 1.29 is 18.7 Å². The van der Waals surface area contributed by atoms with Gasteiger partial charge in [-0.2, -0.15) is 5.10 Å². The molecule has 2 rings (SSSR count). The van der Waals surface area contributed by atoms with E-state index in [0.717, 1.165) is 6.04 Å². The van der Waals surface area contributed by atoms with Crippen LogP contribution in [0, 0.1) is 5.82 Å². The molecule has 0 saturated carbocycles. The molecule has 6 nitrogen and oxygen atoms in total. The average molecular weight is 366 g/mol. The van der Waals surface area contributed by atoms with Crippen molar-refractivity contribution in [3.63, 3.8) is 0 Å². The van der Waals surface area contributed by atoms with Gasteiger partial charge in [-0.25, -0.2) is 9.07 Å². The molecule has 25 heavy (non-hydrogen) atoms. The van der Waals surface area contributed by atoms with Gasteiger partial charge >= 0.3 is 5.97 Å². The fourth-order valence-corrected chi connectivity index (χ4v) is 3.02. The quantitative estimate of drug-likeness (QED) is 0.428. The zero-order valence-electron chi connectivity index (χ0n) is 15.0. The van der Waals surface area contributed by atoms with Crippen LogP contribution in [0.1, 0.15) is 5.69 Å². The van der Waals surface area contributed by atoms with Crippen molar-refractivity contribution in [2.75, 3.05) is 13.7 Å². The Balaban J connectivity index is 2.35. The lowest BCUT2D eigenvalue weighted by molar-refractivity contribution is -0.139. The van der Waals surface area contributed by atoms with E-state index in [-0.39, 0.29) is 18.8 Å². The van der Waals surface area contributed by atoms with Gasteiger partial charge in [0.1, 0.15) is 18.2 Å². The maximum Gasteiger partial charge on any atom is 0.311 e. The van der Waals surface area contributed by atoms with E-state index in [2.05, 4.69) is 29.5 Å². The smallest absolute Gasteiger partial charge is 0.311 e. The summed E-state index contributed by atoms with van der Waals surface area (Å²) in [4.78, 5) is 24.0. The summed E-state index contributed by atoms with van der Waals surface area (Å²) < 4.78 is 25.3. The lowest BCUT2D eigenvalue weighted by atomic mass is 10.1. The Hall–Kier alpha value is -2.06. The third-order valence-corrected chi connectivity index (χ3v) is 5.44. The third-order valence-electron chi connectivity index (χ3n) is 3.74. The number of carbonyl (C=O) groups excluding carboxylic acids is 1. The number of aromatic nitrogens is 2. The molecule has 1 aromatic carbocycles. The highest BCUT2D eigenvalue weighted by atomic mass is 28.3. The number of esters is 1. The summed E-state index contributed by atoms with van der Waals surface area (Å²) in [5, 5.41) is 4.48. The normalized spacial score (nSPS) is 11.7. The molecular formula is C17H23FN2O4Si. The van der Waals surface area contributed by atoms with Gasteiger partial charge < -0.3 is 9.47 Å². The van der Waals surface area contributed by atoms with Crippen molar-refractivity contribution in [2.24, 2.45) is 0 Å². The maximum absolute atomic E-state index is 13.6. The number of hydrogen-bond donors (Lipinski definition) is 0. The molecule has 0 unspecified atom stereocenters. The highest BCUT2D eigenvalue weighted by molar-refractivity contribution is 6.76. The van der Waals surface area contributed by atoms with E-state index >= 15 is 0 Å². The van der Waals surface area contributed by atoms with Crippen molar-refractivity contribution in [1.29, 1.82) is 0 Å². The van der Waals surface area contributed by atoms with Crippen LogP contribution in [0.25, 0.3) is 10.9 Å². The zero-order valence-corrected chi connectivity index (χ0v) is 16.0. The predicted molar refractivity (Wildman–Crippen MR) is 95.8 cm³/mol. The molecule has 0 bridgehead atoms. The van der Waals surface area contributed by atoms with Crippen LogP contribution in [-0.2, 0) is 27.4 Å². The molecule has 136 valence electrons. The summed E-state index contributed by atoms with van der Waals surface area (Å²) in [7, 11) is 0.0164. The molecule has 0 amide bonds. The SMILES string of the molecule is COC(=O)Cc1nn(COCC[Si](C)(C)C)c2cc(F)ccc2c1=O. The predicted octanol–water partition coefficient (Wildman–Crippen LogP) is 2.56. The van der Waals surface area contributed by atoms with Crippen molar-refractivity contribution in [3.8, 4) is 0 Å². The van der Waals surface area contributed by atoms with Gasteiger partial charge in [0, 0.05) is 20.1 Å². The molecule has 0 aliphatic rings. The lowest BCUT2D eigenvalue weighted by Crippen LogP contribution is -2.25. The van der Waals surface area contributed by atoms with Crippen LogP contribution in [0.5, 0.6) is 0 Å². The molecule has 1 aromatic heterocycles. The minimum atomic E-state index is -1.23. The molecular weight excluding hydrogens is 343 g/mol. The first-order chi connectivity index (χ1) is 11.7. The Bertz CT molecular complexity index is 830. The van der Waals surface area contributed by atoms with Crippen molar-refractivity contribution in [1.82, 2.24) is 9.78 Å². The highest BCUT2D eigenvalue weighted by Gasteiger charge is 2.16. The molecule has 0 aliphatic heterocycles. The Morgan fingerprint density at radius 1 is 1.32 bits per heavy atom. The fourth-order valence-electron chi connectivity index (χ4n) is 2.26. The molecule has 8 heteroatoms. The van der Waals surface area contributed by atoms with Gasteiger partial charge in [0.2, 0.25) is 5.43 Å². The summed E-state index contributed by atoms with van der Waals surface area (Å²) in [6.45, 7) is 7.37. The summed E-state index contributed by atoms with van der Waals surface area (Å²) in [5.74, 6) is -1.03. The number of fused-ring (bicyclic) bond motifs is 1. The molecule has 0 atom stereocenters. The first-order valence-corrected chi connectivity index (χ1v) is 11.8. The average Bonchev–Trinajstić information content (AvgIpc) is 2.54. The van der Waals surface area contributed by atoms with Crippen LogP contribution in [0.4, 0.5) is 4.39 Å². The van der Waals surface area contributed by atoms with Crippen LogP contribution in [-0.4, -0.2) is 37.5 Å². The van der Waals surface area contributed by atoms with E-state index in [1.807, 2.05) is 0 Å². The number of ether oxygens (including phenoxy) is 2. The lowest BCUT2D eigenvalue weighted by Gasteiger charge is -2.16. The topological polar surface area (TPSA) is 70.4 Å². The van der Waals surface area contributed by atoms with E-state index in [9.17, 15) is 14.0 Å². The second-order valence-corrected chi connectivity index (χ2v) is 12.7. The first kappa shape index (κ1) is 19.3. The first-order valence-electron chi connectivity index (χ1n) is 8.05. The van der Waals surface area contributed by atoms with Gasteiger partial charge in [-0.15, -0.1) is 0 Å². The van der Waals surface area contributed by atoms with Crippen LogP contribution in [0.3, 0.4) is 0 Å². The van der Waals surface area contributed by atoms with E-state index in [0.29, 0.717) is 17.5 Å². The number of benzene rings is 1. The Kier molecular flexibility index (Phi) is 6.07. The third kappa shape index (κ3) is 5.20. The van der Waals surface area contributed by atoms with Crippen molar-refractivity contribution in [2.45, 2.75) is 38.8 Å². The monoisotopic (exact) mass is 366 g/mol. The maximum atomic E-state index is 13.6.